The molecule has 2 aromatic rings. The summed E-state index contributed by atoms with van der Waals surface area (Å²) in [6, 6.07) is 8.05. The Morgan fingerprint density at radius 2 is 1.93 bits per heavy atom. The Hall–Kier alpha value is -2.21. The van der Waals surface area contributed by atoms with Gasteiger partial charge in [0.05, 0.1) is 6.61 Å². The monoisotopic (exact) mass is 387 g/mol. The molecule has 1 aromatic carbocycles. The summed E-state index contributed by atoms with van der Waals surface area (Å²) in [5.41, 5.74) is 2.09. The van der Waals surface area contributed by atoms with E-state index in [1.54, 1.807) is 0 Å². The van der Waals surface area contributed by atoms with E-state index >= 15 is 0 Å². The van der Waals surface area contributed by atoms with Gasteiger partial charge in [-0.1, -0.05) is 52.0 Å². The van der Waals surface area contributed by atoms with Crippen molar-refractivity contribution in [3.63, 3.8) is 0 Å². The van der Waals surface area contributed by atoms with Crippen LogP contribution in [0.15, 0.2) is 24.3 Å². The van der Waals surface area contributed by atoms with E-state index in [9.17, 15) is 4.79 Å². The number of benzene rings is 1. The zero-order chi connectivity index (χ0) is 20.7. The summed E-state index contributed by atoms with van der Waals surface area (Å²) < 4.78 is 12.3. The molecule has 0 aliphatic heterocycles. The molecule has 0 spiro atoms. The van der Waals surface area contributed by atoms with E-state index in [-0.39, 0.29) is 23.3 Å². The summed E-state index contributed by atoms with van der Waals surface area (Å²) in [6.45, 7) is 14.0. The van der Waals surface area contributed by atoms with Crippen LogP contribution in [0.2, 0.25) is 0 Å². The van der Waals surface area contributed by atoms with Gasteiger partial charge in [0.1, 0.15) is 6.61 Å². The van der Waals surface area contributed by atoms with Gasteiger partial charge in [-0.3, -0.25) is 4.79 Å². The van der Waals surface area contributed by atoms with E-state index in [1.165, 1.54) is 4.68 Å². The van der Waals surface area contributed by atoms with E-state index in [1.807, 2.05) is 38.1 Å². The number of nitrogens with zero attached hydrogens (tertiary/aromatic N) is 3. The summed E-state index contributed by atoms with van der Waals surface area (Å²) in [7, 11) is 0. The van der Waals surface area contributed by atoms with Gasteiger partial charge in [0, 0.05) is 18.6 Å². The standard InChI is InChI=1S/C22H33N3O3/c1-7-27-12-13-28-21-23-20(18-11-9-8-10-17(18)3)25(24-21)19(26)14-16(2)15-22(4,5)6/h8-11,16H,7,12-15H2,1-6H3. The Morgan fingerprint density at radius 1 is 1.21 bits per heavy atom. The van der Waals surface area contributed by atoms with E-state index in [2.05, 4.69) is 37.8 Å². The van der Waals surface area contributed by atoms with Gasteiger partial charge in [0.2, 0.25) is 5.91 Å². The second kappa shape index (κ2) is 9.82. The quantitative estimate of drug-likeness (QED) is 0.580. The second-order valence-corrected chi connectivity index (χ2v) is 8.46. The lowest BCUT2D eigenvalue weighted by Crippen LogP contribution is -2.20. The number of hydrogen-bond donors (Lipinski definition) is 0. The van der Waals surface area contributed by atoms with Crippen molar-refractivity contribution in [1.82, 2.24) is 14.8 Å². The highest BCUT2D eigenvalue weighted by molar-refractivity contribution is 5.83. The molecule has 28 heavy (non-hydrogen) atoms. The number of aromatic nitrogens is 3. The van der Waals surface area contributed by atoms with Crippen LogP contribution in [0.3, 0.4) is 0 Å². The van der Waals surface area contributed by atoms with Gasteiger partial charge in [-0.05, 0) is 37.2 Å². The van der Waals surface area contributed by atoms with Crippen LogP contribution in [-0.4, -0.2) is 40.5 Å². The molecule has 0 saturated carbocycles. The summed E-state index contributed by atoms with van der Waals surface area (Å²) >= 11 is 0. The van der Waals surface area contributed by atoms with Gasteiger partial charge in [0.25, 0.3) is 0 Å². The predicted molar refractivity (Wildman–Crippen MR) is 111 cm³/mol. The summed E-state index contributed by atoms with van der Waals surface area (Å²) in [4.78, 5) is 17.5. The van der Waals surface area contributed by atoms with Crippen molar-refractivity contribution in [3.05, 3.63) is 29.8 Å². The number of aryl methyl sites for hydroxylation is 1. The van der Waals surface area contributed by atoms with Crippen molar-refractivity contribution in [3.8, 4) is 17.4 Å². The van der Waals surface area contributed by atoms with Crippen LogP contribution in [0.5, 0.6) is 6.01 Å². The lowest BCUT2D eigenvalue weighted by Gasteiger charge is -2.22. The van der Waals surface area contributed by atoms with Crippen LogP contribution in [0.1, 0.15) is 57.8 Å². The van der Waals surface area contributed by atoms with Crippen LogP contribution < -0.4 is 4.74 Å². The molecule has 6 heteroatoms. The fourth-order valence-corrected chi connectivity index (χ4v) is 3.36. The van der Waals surface area contributed by atoms with Crippen LogP contribution >= 0.6 is 0 Å². The van der Waals surface area contributed by atoms with Crippen molar-refractivity contribution >= 4 is 5.91 Å². The normalized spacial score (nSPS) is 12.8. The molecule has 2 rings (SSSR count). The number of carbonyl (C=O) groups is 1. The van der Waals surface area contributed by atoms with Crippen molar-refractivity contribution in [1.29, 1.82) is 0 Å². The second-order valence-electron chi connectivity index (χ2n) is 8.46. The zero-order valence-corrected chi connectivity index (χ0v) is 18.0. The summed E-state index contributed by atoms with van der Waals surface area (Å²) in [5.74, 6) is 0.711. The fourth-order valence-electron chi connectivity index (χ4n) is 3.36. The Balaban J connectivity index is 2.26. The molecule has 0 aliphatic carbocycles. The minimum Gasteiger partial charge on any atom is -0.460 e. The lowest BCUT2D eigenvalue weighted by molar-refractivity contribution is 0.0852. The van der Waals surface area contributed by atoms with Gasteiger partial charge in [-0.15, -0.1) is 5.10 Å². The molecule has 1 heterocycles. The minimum absolute atomic E-state index is 0.0674. The fraction of sp³-hybridized carbons (Fsp3) is 0.591. The highest BCUT2D eigenvalue weighted by Gasteiger charge is 2.23. The first-order chi connectivity index (χ1) is 13.2. The third kappa shape index (κ3) is 6.44. The Morgan fingerprint density at radius 3 is 2.57 bits per heavy atom. The van der Waals surface area contributed by atoms with Gasteiger partial charge in [-0.25, -0.2) is 0 Å². The molecule has 1 unspecified atom stereocenters. The molecule has 154 valence electrons. The van der Waals surface area contributed by atoms with Crippen LogP contribution in [-0.2, 0) is 4.74 Å². The largest absolute Gasteiger partial charge is 0.460 e. The van der Waals surface area contributed by atoms with Crippen molar-refractivity contribution in [2.45, 2.75) is 54.4 Å². The molecule has 1 atom stereocenters. The predicted octanol–water partition coefficient (Wildman–Crippen LogP) is 4.77. The molecule has 0 N–H and O–H groups in total. The highest BCUT2D eigenvalue weighted by Crippen LogP contribution is 2.28. The van der Waals surface area contributed by atoms with Crippen LogP contribution in [0.4, 0.5) is 0 Å². The molecule has 6 nitrogen and oxygen atoms in total. The Bertz CT molecular complexity index is 778. The molecular weight excluding hydrogens is 354 g/mol. The maximum absolute atomic E-state index is 13.0. The smallest absolute Gasteiger partial charge is 0.336 e. The van der Waals surface area contributed by atoms with E-state index in [0.717, 1.165) is 17.5 Å². The maximum Gasteiger partial charge on any atom is 0.336 e. The van der Waals surface area contributed by atoms with Gasteiger partial charge in [-0.2, -0.15) is 9.67 Å². The van der Waals surface area contributed by atoms with E-state index in [0.29, 0.717) is 32.1 Å². The minimum atomic E-state index is -0.0674. The first kappa shape index (κ1) is 22.1. The first-order valence-corrected chi connectivity index (χ1v) is 9.98. The number of rotatable bonds is 9. The average Bonchev–Trinajstić information content (AvgIpc) is 3.01. The number of hydrogen-bond acceptors (Lipinski definition) is 5. The molecule has 0 amide bonds. The molecule has 0 fully saturated rings. The molecule has 0 radical (unpaired) electrons. The number of carbonyl (C=O) groups excluding carboxylic acids is 1. The van der Waals surface area contributed by atoms with Crippen LogP contribution in [0.25, 0.3) is 11.4 Å². The van der Waals surface area contributed by atoms with E-state index < -0.39 is 0 Å². The van der Waals surface area contributed by atoms with Crippen LogP contribution in [0, 0.1) is 18.3 Å². The molecular formula is C22H33N3O3. The molecule has 0 saturated heterocycles. The highest BCUT2D eigenvalue weighted by atomic mass is 16.5. The average molecular weight is 388 g/mol. The Kier molecular flexibility index (Phi) is 7.75. The molecule has 1 aromatic heterocycles. The van der Waals surface area contributed by atoms with Gasteiger partial charge >= 0.3 is 6.01 Å². The first-order valence-electron chi connectivity index (χ1n) is 9.98. The van der Waals surface area contributed by atoms with Crippen molar-refractivity contribution in [2.24, 2.45) is 11.3 Å². The summed E-state index contributed by atoms with van der Waals surface area (Å²) in [5, 5.41) is 4.35. The maximum atomic E-state index is 13.0. The van der Waals surface area contributed by atoms with Crippen molar-refractivity contribution in [2.75, 3.05) is 19.8 Å². The van der Waals surface area contributed by atoms with Gasteiger partial charge < -0.3 is 9.47 Å². The third-order valence-electron chi connectivity index (χ3n) is 4.36. The topological polar surface area (TPSA) is 66.2 Å². The van der Waals surface area contributed by atoms with E-state index in [4.69, 9.17) is 9.47 Å². The number of ether oxygens (including phenoxy) is 2. The SMILES string of the molecule is CCOCCOc1nc(-c2ccccc2C)n(C(=O)CC(C)CC(C)(C)C)n1. The van der Waals surface area contributed by atoms with Crippen molar-refractivity contribution < 1.29 is 14.3 Å². The molecule has 0 bridgehead atoms. The summed E-state index contributed by atoms with van der Waals surface area (Å²) in [6.07, 6.45) is 1.38. The lowest BCUT2D eigenvalue weighted by atomic mass is 9.84. The Labute approximate surface area is 168 Å². The van der Waals surface area contributed by atoms with Gasteiger partial charge in [0.15, 0.2) is 5.82 Å². The molecule has 0 aliphatic rings. The third-order valence-corrected chi connectivity index (χ3v) is 4.36. The zero-order valence-electron chi connectivity index (χ0n) is 18.0.